The molecular formula is C12H13ClN4OS2. The van der Waals surface area contributed by atoms with Crippen LogP contribution in [0, 0.1) is 0 Å². The number of halogens is 1. The third kappa shape index (κ3) is 3.60. The van der Waals surface area contributed by atoms with E-state index in [9.17, 15) is 0 Å². The average molecular weight is 329 g/mol. The van der Waals surface area contributed by atoms with Crippen molar-refractivity contribution in [1.82, 2.24) is 15.2 Å². The van der Waals surface area contributed by atoms with E-state index in [4.69, 9.17) is 16.3 Å². The second-order valence-electron chi connectivity index (χ2n) is 4.21. The van der Waals surface area contributed by atoms with Crippen LogP contribution in [-0.4, -0.2) is 41.5 Å². The van der Waals surface area contributed by atoms with E-state index in [1.807, 2.05) is 12.1 Å². The molecule has 0 saturated carbocycles. The summed E-state index contributed by atoms with van der Waals surface area (Å²) >= 11 is 9.08. The largest absolute Gasteiger partial charge is 0.378 e. The molecule has 106 valence electrons. The lowest BCUT2D eigenvalue weighted by atomic mass is 10.4. The number of aromatic nitrogens is 3. The Kier molecular flexibility index (Phi) is 4.72. The molecule has 3 heterocycles. The number of hydrogen-bond acceptors (Lipinski definition) is 7. The Balaban J connectivity index is 1.58. The predicted molar refractivity (Wildman–Crippen MR) is 81.7 cm³/mol. The van der Waals surface area contributed by atoms with Crippen LogP contribution in [0.25, 0.3) is 0 Å². The van der Waals surface area contributed by atoms with Crippen LogP contribution in [-0.2, 0) is 10.5 Å². The van der Waals surface area contributed by atoms with Gasteiger partial charge in [-0.25, -0.2) is 0 Å². The van der Waals surface area contributed by atoms with E-state index >= 15 is 0 Å². The maximum absolute atomic E-state index is 5.81. The first-order chi connectivity index (χ1) is 9.81. The summed E-state index contributed by atoms with van der Waals surface area (Å²) in [5.74, 6) is 0.773. The zero-order valence-corrected chi connectivity index (χ0v) is 13.0. The fraction of sp³-hybridized carbons (Fsp3) is 0.417. The van der Waals surface area contributed by atoms with Crippen molar-refractivity contribution < 1.29 is 4.74 Å². The first-order valence-corrected chi connectivity index (χ1v) is 8.39. The predicted octanol–water partition coefficient (Wildman–Crippen LogP) is 2.72. The Morgan fingerprint density at radius 3 is 2.90 bits per heavy atom. The Labute approximate surface area is 130 Å². The van der Waals surface area contributed by atoms with Crippen LogP contribution in [0.3, 0.4) is 0 Å². The molecule has 0 bridgehead atoms. The highest BCUT2D eigenvalue weighted by atomic mass is 35.5. The van der Waals surface area contributed by atoms with Gasteiger partial charge in [-0.15, -0.1) is 10.2 Å². The van der Waals surface area contributed by atoms with Gasteiger partial charge in [-0.2, -0.15) is 0 Å². The van der Waals surface area contributed by atoms with Gasteiger partial charge >= 0.3 is 0 Å². The zero-order chi connectivity index (χ0) is 13.8. The molecule has 2 aromatic heterocycles. The van der Waals surface area contributed by atoms with Crippen LogP contribution in [0.4, 0.5) is 5.13 Å². The van der Waals surface area contributed by atoms with Crippen molar-refractivity contribution in [2.24, 2.45) is 0 Å². The summed E-state index contributed by atoms with van der Waals surface area (Å²) in [5, 5.41) is 10.1. The van der Waals surface area contributed by atoms with E-state index in [0.29, 0.717) is 5.02 Å². The third-order valence-electron chi connectivity index (χ3n) is 2.81. The number of anilines is 1. The van der Waals surface area contributed by atoms with Crippen LogP contribution >= 0.6 is 34.7 Å². The van der Waals surface area contributed by atoms with Crippen LogP contribution < -0.4 is 4.90 Å². The highest BCUT2D eigenvalue weighted by Crippen LogP contribution is 2.30. The van der Waals surface area contributed by atoms with E-state index < -0.39 is 0 Å². The van der Waals surface area contributed by atoms with Gasteiger partial charge in [-0.05, 0) is 12.1 Å². The molecule has 1 aliphatic rings. The maximum atomic E-state index is 5.81. The lowest BCUT2D eigenvalue weighted by Crippen LogP contribution is -2.36. The minimum atomic E-state index is 0.657. The average Bonchev–Trinajstić information content (AvgIpc) is 2.97. The molecule has 0 radical (unpaired) electrons. The van der Waals surface area contributed by atoms with Crippen molar-refractivity contribution in [3.63, 3.8) is 0 Å². The number of rotatable bonds is 4. The second-order valence-corrected chi connectivity index (χ2v) is 6.82. The molecule has 1 saturated heterocycles. The fourth-order valence-corrected chi connectivity index (χ4v) is 3.69. The van der Waals surface area contributed by atoms with Gasteiger partial charge in [0.05, 0.1) is 23.9 Å². The van der Waals surface area contributed by atoms with E-state index in [1.54, 1.807) is 29.3 Å². The first kappa shape index (κ1) is 14.1. The first-order valence-electron chi connectivity index (χ1n) is 6.21. The smallest absolute Gasteiger partial charge is 0.209 e. The summed E-state index contributed by atoms with van der Waals surface area (Å²) < 4.78 is 6.29. The third-order valence-corrected chi connectivity index (χ3v) is 5.18. The SMILES string of the molecule is Clc1ccc(CSc2nnc(N3CCOCC3)s2)nc1. The van der Waals surface area contributed by atoms with Crippen molar-refractivity contribution in [3.8, 4) is 0 Å². The molecule has 20 heavy (non-hydrogen) atoms. The van der Waals surface area contributed by atoms with Crippen molar-refractivity contribution in [2.75, 3.05) is 31.2 Å². The Hall–Kier alpha value is -0.890. The van der Waals surface area contributed by atoms with Crippen molar-refractivity contribution >= 4 is 39.8 Å². The van der Waals surface area contributed by atoms with Crippen molar-refractivity contribution in [2.45, 2.75) is 10.1 Å². The number of pyridine rings is 1. The Bertz CT molecular complexity index is 557. The molecule has 3 rings (SSSR count). The van der Waals surface area contributed by atoms with E-state index in [1.165, 1.54) is 0 Å². The van der Waals surface area contributed by atoms with Gasteiger partial charge in [0.25, 0.3) is 0 Å². The van der Waals surface area contributed by atoms with Crippen LogP contribution in [0.2, 0.25) is 5.02 Å². The monoisotopic (exact) mass is 328 g/mol. The Morgan fingerprint density at radius 2 is 2.15 bits per heavy atom. The lowest BCUT2D eigenvalue weighted by molar-refractivity contribution is 0.122. The van der Waals surface area contributed by atoms with Crippen molar-refractivity contribution in [1.29, 1.82) is 0 Å². The Morgan fingerprint density at radius 1 is 1.30 bits per heavy atom. The molecule has 0 aliphatic carbocycles. The molecule has 0 amide bonds. The number of nitrogens with zero attached hydrogens (tertiary/aromatic N) is 4. The minimum Gasteiger partial charge on any atom is -0.378 e. The number of hydrogen-bond donors (Lipinski definition) is 0. The van der Waals surface area contributed by atoms with Gasteiger partial charge in [-0.3, -0.25) is 4.98 Å². The molecule has 0 aromatic carbocycles. The summed E-state index contributed by atoms with van der Waals surface area (Å²) in [5.41, 5.74) is 0.988. The lowest BCUT2D eigenvalue weighted by Gasteiger charge is -2.25. The number of morpholine rings is 1. The minimum absolute atomic E-state index is 0.657. The van der Waals surface area contributed by atoms with Crippen molar-refractivity contribution in [3.05, 3.63) is 29.0 Å². The molecule has 5 nitrogen and oxygen atoms in total. The van der Waals surface area contributed by atoms with Gasteiger partial charge in [0.2, 0.25) is 5.13 Å². The summed E-state index contributed by atoms with van der Waals surface area (Å²) in [4.78, 5) is 6.48. The van der Waals surface area contributed by atoms with Gasteiger partial charge in [0.1, 0.15) is 0 Å². The summed E-state index contributed by atoms with van der Waals surface area (Å²) in [6, 6.07) is 3.78. The zero-order valence-electron chi connectivity index (χ0n) is 10.7. The number of ether oxygens (including phenoxy) is 1. The molecular weight excluding hydrogens is 316 g/mol. The van der Waals surface area contributed by atoms with E-state index in [2.05, 4.69) is 20.1 Å². The molecule has 0 unspecified atom stereocenters. The molecule has 1 fully saturated rings. The van der Waals surface area contributed by atoms with Crippen LogP contribution in [0.15, 0.2) is 22.7 Å². The molecule has 0 atom stereocenters. The molecule has 0 spiro atoms. The van der Waals surface area contributed by atoms with Gasteiger partial charge < -0.3 is 9.64 Å². The molecule has 1 aliphatic heterocycles. The van der Waals surface area contributed by atoms with Gasteiger partial charge in [-0.1, -0.05) is 34.7 Å². The maximum Gasteiger partial charge on any atom is 0.209 e. The molecule has 8 heteroatoms. The van der Waals surface area contributed by atoms with Gasteiger partial charge in [0.15, 0.2) is 4.34 Å². The highest BCUT2D eigenvalue weighted by Gasteiger charge is 2.15. The molecule has 0 N–H and O–H groups in total. The topological polar surface area (TPSA) is 51.1 Å². The normalized spacial score (nSPS) is 15.6. The molecule has 2 aromatic rings. The highest BCUT2D eigenvalue weighted by molar-refractivity contribution is 8.00. The summed E-state index contributed by atoms with van der Waals surface area (Å²) in [7, 11) is 0. The summed E-state index contributed by atoms with van der Waals surface area (Å²) in [6.45, 7) is 3.30. The second kappa shape index (κ2) is 6.71. The van der Waals surface area contributed by atoms with E-state index in [0.717, 1.165) is 47.2 Å². The van der Waals surface area contributed by atoms with Crippen LogP contribution in [0.1, 0.15) is 5.69 Å². The van der Waals surface area contributed by atoms with Gasteiger partial charge in [0, 0.05) is 25.0 Å². The standard InChI is InChI=1S/C12H13ClN4OS2/c13-9-1-2-10(14-7-9)8-19-12-16-15-11(20-12)17-3-5-18-6-4-17/h1-2,7H,3-6,8H2. The van der Waals surface area contributed by atoms with E-state index in [-0.39, 0.29) is 0 Å². The quantitative estimate of drug-likeness (QED) is 0.804. The van der Waals surface area contributed by atoms with Crippen LogP contribution in [0.5, 0.6) is 0 Å². The summed E-state index contributed by atoms with van der Waals surface area (Å²) in [6.07, 6.45) is 1.66. The fourth-order valence-electron chi connectivity index (χ4n) is 1.77. The number of thioether (sulfide) groups is 1.